The third-order valence-corrected chi connectivity index (χ3v) is 4.89. The van der Waals surface area contributed by atoms with Gasteiger partial charge in [0.05, 0.1) is 12.1 Å². The van der Waals surface area contributed by atoms with Crippen LogP contribution in [0, 0.1) is 0 Å². The van der Waals surface area contributed by atoms with Crippen LogP contribution >= 0.6 is 40.1 Å². The lowest BCUT2D eigenvalue weighted by Crippen LogP contribution is -2.42. The van der Waals surface area contributed by atoms with Crippen molar-refractivity contribution in [3.63, 3.8) is 0 Å². The molecule has 3 nitrogen and oxygen atoms in total. The zero-order valence-corrected chi connectivity index (χ0v) is 14.6. The molecule has 0 saturated carbocycles. The largest absolute Gasteiger partial charge is 0.348 e. The van der Waals surface area contributed by atoms with Crippen molar-refractivity contribution in [3.05, 3.63) is 33.8 Å². The molecule has 0 aromatic heterocycles. The molecular weight excluding hydrogens is 360 g/mol. The number of nitrogens with one attached hydrogen (secondary N) is 1. The third-order valence-electron chi connectivity index (χ3n) is 3.50. The summed E-state index contributed by atoms with van der Waals surface area (Å²) in [5.74, 6) is 0.883. The first kappa shape index (κ1) is 17.8. The van der Waals surface area contributed by atoms with E-state index in [1.807, 2.05) is 18.4 Å². The molecule has 0 spiro atoms. The lowest BCUT2D eigenvalue weighted by molar-refractivity contribution is -0.123. The van der Waals surface area contributed by atoms with Gasteiger partial charge in [0.25, 0.3) is 0 Å². The van der Waals surface area contributed by atoms with Gasteiger partial charge in [-0.3, -0.25) is 4.79 Å². The third kappa shape index (κ3) is 4.13. The van der Waals surface area contributed by atoms with E-state index in [1.165, 1.54) is 11.1 Å². The van der Waals surface area contributed by atoms with Crippen LogP contribution in [-0.2, 0) is 11.2 Å². The molecule has 0 heterocycles. The maximum Gasteiger partial charge on any atom is 0.237 e. The van der Waals surface area contributed by atoms with E-state index in [1.54, 1.807) is 11.8 Å². The molecule has 0 saturated heterocycles. The normalized spacial score (nSPS) is 18.1. The summed E-state index contributed by atoms with van der Waals surface area (Å²) >= 11 is 5.28. The molecule has 0 bridgehead atoms. The lowest BCUT2D eigenvalue weighted by atomic mass is 10.1. The smallest absolute Gasteiger partial charge is 0.237 e. The van der Waals surface area contributed by atoms with Crippen LogP contribution in [0.2, 0.25) is 0 Å². The molecule has 0 aliphatic heterocycles. The molecule has 2 atom stereocenters. The summed E-state index contributed by atoms with van der Waals surface area (Å²) in [7, 11) is 0. The highest BCUT2D eigenvalue weighted by Gasteiger charge is 2.26. The summed E-state index contributed by atoms with van der Waals surface area (Å²) in [6.45, 7) is 0. The Morgan fingerprint density at radius 3 is 3.05 bits per heavy atom. The van der Waals surface area contributed by atoms with E-state index < -0.39 is 6.04 Å². The van der Waals surface area contributed by atoms with Crippen molar-refractivity contribution >= 4 is 46.0 Å². The molecule has 1 amide bonds. The van der Waals surface area contributed by atoms with E-state index in [-0.39, 0.29) is 24.4 Å². The van der Waals surface area contributed by atoms with Gasteiger partial charge < -0.3 is 11.1 Å². The Balaban J connectivity index is 0.00000200. The molecule has 2 rings (SSSR count). The second-order valence-corrected chi connectivity index (χ2v) is 6.64. The summed E-state index contributed by atoms with van der Waals surface area (Å²) in [6.07, 6.45) is 4.71. The summed E-state index contributed by atoms with van der Waals surface area (Å²) in [6, 6.07) is 5.86. The molecule has 3 N–H and O–H groups in total. The van der Waals surface area contributed by atoms with Gasteiger partial charge in [-0.25, -0.2) is 0 Å². The minimum atomic E-state index is -0.399. The minimum absolute atomic E-state index is 0. The molecule has 6 heteroatoms. The van der Waals surface area contributed by atoms with E-state index in [4.69, 9.17) is 5.73 Å². The number of thioether (sulfide) groups is 1. The summed E-state index contributed by atoms with van der Waals surface area (Å²) in [4.78, 5) is 12.0. The number of halogens is 2. The molecule has 0 radical (unpaired) electrons. The van der Waals surface area contributed by atoms with Gasteiger partial charge in [-0.15, -0.1) is 12.4 Å². The molecule has 0 fully saturated rings. The number of fused-ring (bicyclic) bond motifs is 1. The number of hydrogen-bond donors (Lipinski definition) is 2. The van der Waals surface area contributed by atoms with E-state index in [0.717, 1.165) is 29.5 Å². The highest BCUT2D eigenvalue weighted by atomic mass is 79.9. The number of carbonyl (C=O) groups excluding carboxylic acids is 1. The minimum Gasteiger partial charge on any atom is -0.348 e. The molecule has 112 valence electrons. The van der Waals surface area contributed by atoms with Crippen molar-refractivity contribution in [3.8, 4) is 0 Å². The van der Waals surface area contributed by atoms with Crippen LogP contribution < -0.4 is 11.1 Å². The highest BCUT2D eigenvalue weighted by molar-refractivity contribution is 9.10. The maximum absolute atomic E-state index is 12.0. The van der Waals surface area contributed by atoms with Crippen LogP contribution in [0.5, 0.6) is 0 Å². The zero-order chi connectivity index (χ0) is 13.8. The van der Waals surface area contributed by atoms with E-state index in [0.29, 0.717) is 0 Å². The van der Waals surface area contributed by atoms with Gasteiger partial charge in [0.2, 0.25) is 5.91 Å². The van der Waals surface area contributed by atoms with Crippen molar-refractivity contribution in [2.45, 2.75) is 31.3 Å². The van der Waals surface area contributed by atoms with Crippen LogP contribution in [0.25, 0.3) is 0 Å². The predicted molar refractivity (Wildman–Crippen MR) is 91.6 cm³/mol. The first-order valence-electron chi connectivity index (χ1n) is 6.45. The second kappa shape index (κ2) is 8.27. The van der Waals surface area contributed by atoms with Crippen LogP contribution in [0.3, 0.4) is 0 Å². The fourth-order valence-electron chi connectivity index (χ4n) is 2.41. The SMILES string of the molecule is CSCC[C@H](N)C(=O)NC1CCc2c(Br)cccc21.Cl. The van der Waals surface area contributed by atoms with Crippen LogP contribution in [-0.4, -0.2) is 24.0 Å². The standard InChI is InChI=1S/C14H19BrN2OS.ClH/c1-19-8-7-12(16)14(18)17-13-6-5-9-10(13)3-2-4-11(9)15;/h2-4,12-13H,5-8,16H2,1H3,(H,17,18);1H/t12-,13?;/m0./s1. The van der Waals surface area contributed by atoms with E-state index in [9.17, 15) is 4.79 Å². The topological polar surface area (TPSA) is 55.1 Å². The molecule has 1 aliphatic rings. The molecule has 1 unspecified atom stereocenters. The molecular formula is C14H20BrClN2OS. The molecule has 1 aliphatic carbocycles. The number of carbonyl (C=O) groups is 1. The fraction of sp³-hybridized carbons (Fsp3) is 0.500. The maximum atomic E-state index is 12.0. The molecule has 20 heavy (non-hydrogen) atoms. The van der Waals surface area contributed by atoms with Crippen LogP contribution in [0.4, 0.5) is 0 Å². The Labute approximate surface area is 139 Å². The lowest BCUT2D eigenvalue weighted by Gasteiger charge is -2.17. The van der Waals surface area contributed by atoms with Crippen molar-refractivity contribution < 1.29 is 4.79 Å². The number of rotatable bonds is 5. The van der Waals surface area contributed by atoms with Gasteiger partial charge >= 0.3 is 0 Å². The van der Waals surface area contributed by atoms with Crippen molar-refractivity contribution in [2.24, 2.45) is 5.73 Å². The van der Waals surface area contributed by atoms with Crippen LogP contribution in [0.15, 0.2) is 22.7 Å². The van der Waals surface area contributed by atoms with Gasteiger partial charge in [0, 0.05) is 4.47 Å². The number of benzene rings is 1. The second-order valence-electron chi connectivity index (χ2n) is 4.80. The highest BCUT2D eigenvalue weighted by Crippen LogP contribution is 2.35. The van der Waals surface area contributed by atoms with Crippen molar-refractivity contribution in [1.29, 1.82) is 0 Å². The number of nitrogens with two attached hydrogens (primary N) is 1. The Hall–Kier alpha value is -0.230. The summed E-state index contributed by atoms with van der Waals surface area (Å²) < 4.78 is 1.13. The van der Waals surface area contributed by atoms with Crippen LogP contribution in [0.1, 0.15) is 30.0 Å². The van der Waals surface area contributed by atoms with Gasteiger partial charge in [-0.05, 0) is 48.5 Å². The summed E-state index contributed by atoms with van der Waals surface area (Å²) in [5.41, 5.74) is 8.43. The van der Waals surface area contributed by atoms with Gasteiger partial charge in [0.1, 0.15) is 0 Å². The van der Waals surface area contributed by atoms with Gasteiger partial charge in [-0.1, -0.05) is 28.1 Å². The number of amides is 1. The Bertz CT molecular complexity index is 472. The van der Waals surface area contributed by atoms with Gasteiger partial charge in [-0.2, -0.15) is 11.8 Å². The Morgan fingerprint density at radius 1 is 1.60 bits per heavy atom. The Kier molecular flexibility index (Phi) is 7.37. The predicted octanol–water partition coefficient (Wildman–Crippen LogP) is 3.05. The monoisotopic (exact) mass is 378 g/mol. The average molecular weight is 380 g/mol. The van der Waals surface area contributed by atoms with Crippen molar-refractivity contribution in [2.75, 3.05) is 12.0 Å². The first-order chi connectivity index (χ1) is 9.13. The first-order valence-corrected chi connectivity index (χ1v) is 8.64. The Morgan fingerprint density at radius 2 is 2.35 bits per heavy atom. The fourth-order valence-corrected chi connectivity index (χ4v) is 3.48. The average Bonchev–Trinajstić information content (AvgIpc) is 2.80. The summed E-state index contributed by atoms with van der Waals surface area (Å²) in [5, 5.41) is 3.08. The zero-order valence-electron chi connectivity index (χ0n) is 11.4. The molecule has 1 aromatic rings. The quantitative estimate of drug-likeness (QED) is 0.826. The van der Waals surface area contributed by atoms with E-state index >= 15 is 0 Å². The number of hydrogen-bond acceptors (Lipinski definition) is 3. The van der Waals surface area contributed by atoms with E-state index in [2.05, 4.69) is 27.3 Å². The molecule has 1 aromatic carbocycles. The van der Waals surface area contributed by atoms with Gasteiger partial charge in [0.15, 0.2) is 0 Å². The van der Waals surface area contributed by atoms with Crippen molar-refractivity contribution in [1.82, 2.24) is 5.32 Å².